The van der Waals surface area contributed by atoms with Gasteiger partial charge in [-0.1, -0.05) is 5.92 Å². The summed E-state index contributed by atoms with van der Waals surface area (Å²) >= 11 is 0. The average molecular weight is 212 g/mol. The third kappa shape index (κ3) is 2.56. The third-order valence-corrected chi connectivity index (χ3v) is 1.62. The zero-order valence-electron chi connectivity index (χ0n) is 8.34. The van der Waals surface area contributed by atoms with Gasteiger partial charge in [-0.25, -0.2) is 8.78 Å². The van der Waals surface area contributed by atoms with Gasteiger partial charge in [-0.05, 0) is 13.8 Å². The van der Waals surface area contributed by atoms with Crippen LogP contribution in [0.4, 0.5) is 14.6 Å². The number of terminal acetylenes is 1. The van der Waals surface area contributed by atoms with Crippen LogP contribution < -0.4 is 10.5 Å². The van der Waals surface area contributed by atoms with Crippen LogP contribution >= 0.6 is 0 Å². The molecule has 0 saturated carbocycles. The second-order valence-corrected chi connectivity index (χ2v) is 3.40. The van der Waals surface area contributed by atoms with Crippen LogP contribution in [0.2, 0.25) is 0 Å². The molecule has 0 radical (unpaired) electrons. The maximum Gasteiger partial charge on any atom is 0.254 e. The van der Waals surface area contributed by atoms with Crippen LogP contribution in [0.5, 0.6) is 5.88 Å². The van der Waals surface area contributed by atoms with Crippen molar-refractivity contribution < 1.29 is 13.5 Å². The number of pyridine rings is 1. The van der Waals surface area contributed by atoms with Crippen molar-refractivity contribution >= 4 is 5.82 Å². The summed E-state index contributed by atoms with van der Waals surface area (Å²) in [6, 6.07) is 0.601. The van der Waals surface area contributed by atoms with Gasteiger partial charge in [0.05, 0.1) is 0 Å². The number of ether oxygens (including phenoxy) is 1. The number of anilines is 1. The van der Waals surface area contributed by atoms with E-state index in [1.807, 2.05) is 0 Å². The molecular formula is C10H10F2N2O. The quantitative estimate of drug-likeness (QED) is 0.759. The van der Waals surface area contributed by atoms with Gasteiger partial charge in [-0.3, -0.25) is 0 Å². The minimum Gasteiger partial charge on any atom is -0.456 e. The summed E-state index contributed by atoms with van der Waals surface area (Å²) in [5, 5.41) is 0. The lowest BCUT2D eigenvalue weighted by Gasteiger charge is -2.19. The van der Waals surface area contributed by atoms with Crippen LogP contribution in [0.15, 0.2) is 6.07 Å². The monoisotopic (exact) mass is 212 g/mol. The second kappa shape index (κ2) is 3.73. The van der Waals surface area contributed by atoms with Crippen LogP contribution in [0.25, 0.3) is 0 Å². The van der Waals surface area contributed by atoms with E-state index < -0.39 is 28.9 Å². The number of rotatable bonds is 2. The van der Waals surface area contributed by atoms with Gasteiger partial charge >= 0.3 is 0 Å². The summed E-state index contributed by atoms with van der Waals surface area (Å²) in [7, 11) is 0. The maximum atomic E-state index is 13.1. The molecule has 0 unspecified atom stereocenters. The molecule has 0 amide bonds. The number of nitrogens with two attached hydrogens (primary N) is 1. The topological polar surface area (TPSA) is 48.1 Å². The largest absolute Gasteiger partial charge is 0.456 e. The van der Waals surface area contributed by atoms with Crippen molar-refractivity contribution in [2.75, 3.05) is 5.73 Å². The first kappa shape index (κ1) is 11.2. The minimum atomic E-state index is -1.03. The predicted octanol–water partition coefficient (Wildman–Crippen LogP) is 1.73. The Morgan fingerprint density at radius 3 is 2.60 bits per heavy atom. The molecule has 0 aromatic carbocycles. The fourth-order valence-electron chi connectivity index (χ4n) is 0.806. The van der Waals surface area contributed by atoms with Crippen LogP contribution in [-0.2, 0) is 0 Å². The summed E-state index contributed by atoms with van der Waals surface area (Å²) in [6.07, 6.45) is 5.14. The Morgan fingerprint density at radius 1 is 1.47 bits per heavy atom. The molecule has 1 aromatic rings. The lowest BCUT2D eigenvalue weighted by molar-refractivity contribution is 0.156. The molecule has 0 saturated heterocycles. The Hall–Kier alpha value is -1.83. The van der Waals surface area contributed by atoms with Crippen molar-refractivity contribution in [3.05, 3.63) is 17.7 Å². The minimum absolute atomic E-state index is 0.406. The Morgan fingerprint density at radius 2 is 2.07 bits per heavy atom. The fourth-order valence-corrected chi connectivity index (χ4v) is 0.806. The molecule has 3 nitrogen and oxygen atoms in total. The van der Waals surface area contributed by atoms with Gasteiger partial charge in [0.25, 0.3) is 5.88 Å². The first-order valence-electron chi connectivity index (χ1n) is 4.14. The van der Waals surface area contributed by atoms with E-state index in [1.165, 1.54) is 0 Å². The second-order valence-electron chi connectivity index (χ2n) is 3.40. The van der Waals surface area contributed by atoms with E-state index >= 15 is 0 Å². The molecule has 5 heteroatoms. The van der Waals surface area contributed by atoms with E-state index in [2.05, 4.69) is 10.9 Å². The van der Waals surface area contributed by atoms with E-state index in [9.17, 15) is 8.78 Å². The first-order chi connectivity index (χ1) is 6.85. The third-order valence-electron chi connectivity index (χ3n) is 1.62. The summed E-state index contributed by atoms with van der Waals surface area (Å²) < 4.78 is 30.9. The number of aromatic nitrogens is 1. The zero-order chi connectivity index (χ0) is 11.6. The average Bonchev–Trinajstić information content (AvgIpc) is 2.14. The Balaban J connectivity index is 3.07. The highest BCUT2D eigenvalue weighted by atomic mass is 19.1. The Labute approximate surface area is 86.3 Å². The van der Waals surface area contributed by atoms with Crippen LogP contribution in [-0.4, -0.2) is 10.6 Å². The Bertz CT molecular complexity index is 424. The molecule has 1 heterocycles. The molecule has 0 bridgehead atoms. The number of nitrogen functional groups attached to an aromatic ring is 1. The van der Waals surface area contributed by atoms with Crippen molar-refractivity contribution in [3.63, 3.8) is 0 Å². The van der Waals surface area contributed by atoms with Gasteiger partial charge in [0, 0.05) is 6.07 Å². The number of halogens is 2. The van der Waals surface area contributed by atoms with Crippen molar-refractivity contribution in [1.82, 2.24) is 4.98 Å². The van der Waals surface area contributed by atoms with Gasteiger partial charge < -0.3 is 10.5 Å². The summed E-state index contributed by atoms with van der Waals surface area (Å²) in [5.74, 6) is -0.421. The molecule has 0 aliphatic carbocycles. The molecule has 0 aliphatic rings. The van der Waals surface area contributed by atoms with Crippen LogP contribution in [0.1, 0.15) is 13.8 Å². The summed E-state index contributed by atoms with van der Waals surface area (Å²) in [6.45, 7) is 3.10. The SMILES string of the molecule is C#CC(C)(C)Oc1nc(N)c(F)cc1F. The number of hydrogen-bond acceptors (Lipinski definition) is 3. The highest BCUT2D eigenvalue weighted by molar-refractivity contribution is 5.35. The number of hydrogen-bond donors (Lipinski definition) is 1. The molecule has 2 N–H and O–H groups in total. The zero-order valence-corrected chi connectivity index (χ0v) is 8.34. The normalized spacial score (nSPS) is 10.9. The Kier molecular flexibility index (Phi) is 2.80. The van der Waals surface area contributed by atoms with Crippen molar-refractivity contribution in [3.8, 4) is 18.2 Å². The van der Waals surface area contributed by atoms with Gasteiger partial charge in [-0.15, -0.1) is 6.42 Å². The molecular weight excluding hydrogens is 202 g/mol. The van der Waals surface area contributed by atoms with E-state index in [0.717, 1.165) is 0 Å². The lowest BCUT2D eigenvalue weighted by Crippen LogP contribution is -2.26. The molecule has 0 fully saturated rings. The van der Waals surface area contributed by atoms with E-state index in [-0.39, 0.29) is 0 Å². The fraction of sp³-hybridized carbons (Fsp3) is 0.300. The van der Waals surface area contributed by atoms with Crippen molar-refractivity contribution in [2.45, 2.75) is 19.4 Å². The van der Waals surface area contributed by atoms with E-state index in [1.54, 1.807) is 13.8 Å². The first-order valence-corrected chi connectivity index (χ1v) is 4.14. The highest BCUT2D eigenvalue weighted by Crippen LogP contribution is 2.22. The molecule has 0 aliphatic heterocycles. The summed E-state index contributed by atoms with van der Waals surface area (Å²) in [4.78, 5) is 3.42. The highest BCUT2D eigenvalue weighted by Gasteiger charge is 2.20. The lowest BCUT2D eigenvalue weighted by atomic mass is 10.1. The van der Waals surface area contributed by atoms with Crippen LogP contribution in [0, 0.1) is 24.0 Å². The molecule has 1 rings (SSSR count). The molecule has 0 atom stereocenters. The predicted molar refractivity (Wildman–Crippen MR) is 52.1 cm³/mol. The number of nitrogens with zero attached hydrogens (tertiary/aromatic N) is 1. The maximum absolute atomic E-state index is 13.1. The van der Waals surface area contributed by atoms with Gasteiger partial charge in [0.1, 0.15) is 0 Å². The molecule has 1 aromatic heterocycles. The van der Waals surface area contributed by atoms with Gasteiger partial charge in [0.2, 0.25) is 0 Å². The van der Waals surface area contributed by atoms with Crippen LogP contribution in [0.3, 0.4) is 0 Å². The van der Waals surface area contributed by atoms with E-state index in [4.69, 9.17) is 16.9 Å². The molecule has 80 valence electrons. The summed E-state index contributed by atoms with van der Waals surface area (Å²) in [5.41, 5.74) is 4.14. The molecule has 15 heavy (non-hydrogen) atoms. The smallest absolute Gasteiger partial charge is 0.254 e. The van der Waals surface area contributed by atoms with Crippen molar-refractivity contribution in [2.24, 2.45) is 0 Å². The van der Waals surface area contributed by atoms with Gasteiger partial charge in [0.15, 0.2) is 23.1 Å². The standard InChI is InChI=1S/C10H10F2N2O/c1-4-10(2,3)15-9-7(12)5-6(11)8(13)14-9/h1,5H,2-3H3,(H2,13,14). The van der Waals surface area contributed by atoms with E-state index in [0.29, 0.717) is 6.07 Å². The molecule has 0 spiro atoms. The van der Waals surface area contributed by atoms with Gasteiger partial charge in [-0.2, -0.15) is 4.98 Å². The van der Waals surface area contributed by atoms with Crippen molar-refractivity contribution in [1.29, 1.82) is 0 Å².